The van der Waals surface area contributed by atoms with E-state index in [1.54, 1.807) is 6.92 Å². The van der Waals surface area contributed by atoms with Gasteiger partial charge in [-0.3, -0.25) is 18.7 Å². The van der Waals surface area contributed by atoms with E-state index < -0.39 is 27.2 Å². The minimum absolute atomic E-state index is 0.122. The van der Waals surface area contributed by atoms with E-state index in [0.29, 0.717) is 18.7 Å². The van der Waals surface area contributed by atoms with E-state index >= 15 is 0 Å². The second-order valence-corrected chi connectivity index (χ2v) is 10.1. The van der Waals surface area contributed by atoms with Crippen molar-refractivity contribution in [1.82, 2.24) is 18.4 Å². The first kappa shape index (κ1) is 22.9. The van der Waals surface area contributed by atoms with Crippen molar-refractivity contribution in [3.05, 3.63) is 62.4 Å². The highest BCUT2D eigenvalue weighted by atomic mass is 32.2. The van der Waals surface area contributed by atoms with Gasteiger partial charge in [0.05, 0.1) is 10.6 Å². The van der Waals surface area contributed by atoms with E-state index in [9.17, 15) is 22.8 Å². The van der Waals surface area contributed by atoms with E-state index in [1.807, 2.05) is 0 Å². The number of anilines is 1. The lowest BCUT2D eigenvalue weighted by Crippen LogP contribution is -2.37. The molecule has 0 bridgehead atoms. The summed E-state index contributed by atoms with van der Waals surface area (Å²) in [5, 5.41) is 2.86. The van der Waals surface area contributed by atoms with Crippen LogP contribution in [0.15, 0.2) is 44.9 Å². The molecule has 1 amide bonds. The summed E-state index contributed by atoms with van der Waals surface area (Å²) >= 11 is 0. The normalized spacial score (nSPS) is 15.0. The van der Waals surface area contributed by atoms with Crippen LogP contribution in [0.4, 0.5) is 5.69 Å². The fourth-order valence-electron chi connectivity index (χ4n) is 4.00. The molecule has 0 spiro atoms. The molecule has 1 saturated heterocycles. The number of aromatic nitrogens is 3. The molecule has 4 rings (SSSR count). The summed E-state index contributed by atoms with van der Waals surface area (Å²) in [4.78, 5) is 42.3. The third-order valence-corrected chi connectivity index (χ3v) is 7.88. The van der Waals surface area contributed by atoms with Crippen molar-refractivity contribution in [1.29, 1.82) is 0 Å². The summed E-state index contributed by atoms with van der Waals surface area (Å²) < 4.78 is 29.3. The van der Waals surface area contributed by atoms with E-state index in [4.69, 9.17) is 0 Å². The minimum atomic E-state index is -3.60. The zero-order chi connectivity index (χ0) is 23.9. The summed E-state index contributed by atoms with van der Waals surface area (Å²) in [6.45, 7) is 2.69. The highest BCUT2D eigenvalue weighted by Crippen LogP contribution is 2.24. The molecule has 1 aliphatic heterocycles. The fourth-order valence-corrected chi connectivity index (χ4v) is 5.52. The first-order valence-corrected chi connectivity index (χ1v) is 12.0. The standard InChI is InChI=1S/C22H25N5O5S/c1-14-13-23-19-17(21(29)26(3)22(30)25(19)2)18(14)24-20(28)15-7-9-16(10-8-15)33(31,32)27-11-5-4-6-12-27/h7-10,13H,4-6,11-12H2,1-3H3,(H,23,24,28). The molecule has 3 heterocycles. The van der Waals surface area contributed by atoms with Gasteiger partial charge in [-0.2, -0.15) is 4.31 Å². The number of nitrogens with one attached hydrogen (secondary N) is 1. The predicted molar refractivity (Wildman–Crippen MR) is 124 cm³/mol. The number of sulfonamides is 1. The summed E-state index contributed by atoms with van der Waals surface area (Å²) in [5.41, 5.74) is 0.113. The number of fused-ring (bicyclic) bond motifs is 1. The molecule has 0 unspecified atom stereocenters. The molecule has 1 aliphatic rings. The third-order valence-electron chi connectivity index (χ3n) is 5.97. The number of hydrogen-bond donors (Lipinski definition) is 1. The van der Waals surface area contributed by atoms with E-state index in [2.05, 4.69) is 10.3 Å². The van der Waals surface area contributed by atoms with Gasteiger partial charge in [-0.05, 0) is 49.6 Å². The zero-order valence-corrected chi connectivity index (χ0v) is 19.5. The van der Waals surface area contributed by atoms with Crippen molar-refractivity contribution in [2.45, 2.75) is 31.1 Å². The Balaban J connectivity index is 1.67. The maximum absolute atomic E-state index is 13.0. The van der Waals surface area contributed by atoms with Gasteiger partial charge < -0.3 is 5.32 Å². The number of hydrogen-bond acceptors (Lipinski definition) is 6. The lowest BCUT2D eigenvalue weighted by Gasteiger charge is -2.25. The fraction of sp³-hybridized carbons (Fsp3) is 0.364. The van der Waals surface area contributed by atoms with Crippen LogP contribution in [0.3, 0.4) is 0 Å². The van der Waals surface area contributed by atoms with Crippen LogP contribution >= 0.6 is 0 Å². The molecular formula is C22H25N5O5S. The molecule has 0 aliphatic carbocycles. The molecule has 10 nitrogen and oxygen atoms in total. The Bertz CT molecular complexity index is 1470. The predicted octanol–water partition coefficient (Wildman–Crippen LogP) is 1.37. The number of pyridine rings is 1. The van der Waals surface area contributed by atoms with Crippen molar-refractivity contribution in [3.8, 4) is 0 Å². The van der Waals surface area contributed by atoms with Crippen LogP contribution in [0.25, 0.3) is 11.0 Å². The maximum Gasteiger partial charge on any atom is 0.332 e. The van der Waals surface area contributed by atoms with Crippen LogP contribution in [0.2, 0.25) is 0 Å². The number of nitrogens with zero attached hydrogens (tertiary/aromatic N) is 4. The lowest BCUT2D eigenvalue weighted by atomic mass is 10.1. The topological polar surface area (TPSA) is 123 Å². The first-order chi connectivity index (χ1) is 15.6. The molecule has 1 fully saturated rings. The van der Waals surface area contributed by atoms with Crippen molar-refractivity contribution < 1.29 is 13.2 Å². The minimum Gasteiger partial charge on any atom is -0.321 e. The maximum atomic E-state index is 13.0. The number of benzene rings is 1. The van der Waals surface area contributed by atoms with Gasteiger partial charge in [0.2, 0.25) is 10.0 Å². The molecule has 0 atom stereocenters. The Kier molecular flexibility index (Phi) is 5.93. The van der Waals surface area contributed by atoms with Crippen LogP contribution in [-0.2, 0) is 24.1 Å². The largest absolute Gasteiger partial charge is 0.332 e. The summed E-state index contributed by atoms with van der Waals surface area (Å²) in [6.07, 6.45) is 4.17. The van der Waals surface area contributed by atoms with Gasteiger partial charge in [-0.25, -0.2) is 18.2 Å². The highest BCUT2D eigenvalue weighted by molar-refractivity contribution is 7.89. The number of carbonyl (C=O) groups excluding carboxylic acids is 1. The average Bonchev–Trinajstić information content (AvgIpc) is 2.83. The van der Waals surface area contributed by atoms with Crippen LogP contribution < -0.4 is 16.6 Å². The third kappa shape index (κ3) is 3.98. The van der Waals surface area contributed by atoms with E-state index in [1.165, 1.54) is 53.4 Å². The molecule has 0 radical (unpaired) electrons. The Morgan fingerprint density at radius 3 is 2.27 bits per heavy atom. The number of amides is 1. The van der Waals surface area contributed by atoms with Gasteiger partial charge >= 0.3 is 5.69 Å². The van der Waals surface area contributed by atoms with Crippen LogP contribution in [-0.4, -0.2) is 45.8 Å². The number of rotatable bonds is 4. The average molecular weight is 472 g/mol. The van der Waals surface area contributed by atoms with E-state index in [0.717, 1.165) is 23.8 Å². The molecule has 1 N–H and O–H groups in total. The van der Waals surface area contributed by atoms with Gasteiger partial charge in [0.1, 0.15) is 5.39 Å². The van der Waals surface area contributed by atoms with Crippen molar-refractivity contribution in [3.63, 3.8) is 0 Å². The van der Waals surface area contributed by atoms with Crippen LogP contribution in [0, 0.1) is 6.92 Å². The van der Waals surface area contributed by atoms with Gasteiger partial charge in [-0.15, -0.1) is 0 Å². The Morgan fingerprint density at radius 1 is 1.00 bits per heavy atom. The highest BCUT2D eigenvalue weighted by Gasteiger charge is 2.26. The molecular weight excluding hydrogens is 446 g/mol. The molecule has 174 valence electrons. The molecule has 3 aromatic rings. The van der Waals surface area contributed by atoms with Crippen molar-refractivity contribution >= 4 is 32.7 Å². The lowest BCUT2D eigenvalue weighted by molar-refractivity contribution is 0.102. The molecule has 2 aromatic heterocycles. The van der Waals surface area contributed by atoms with Gasteiger partial charge in [0.25, 0.3) is 11.5 Å². The molecule has 1 aromatic carbocycles. The summed E-state index contributed by atoms with van der Waals surface area (Å²) in [7, 11) is -0.741. The smallest absolute Gasteiger partial charge is 0.321 e. The molecule has 0 saturated carbocycles. The van der Waals surface area contributed by atoms with Gasteiger partial charge in [0.15, 0.2) is 5.65 Å². The zero-order valence-electron chi connectivity index (χ0n) is 18.7. The van der Waals surface area contributed by atoms with Crippen LogP contribution in [0.1, 0.15) is 35.2 Å². The van der Waals surface area contributed by atoms with Gasteiger partial charge in [-0.1, -0.05) is 6.42 Å². The monoisotopic (exact) mass is 471 g/mol. The quantitative estimate of drug-likeness (QED) is 0.613. The molecule has 33 heavy (non-hydrogen) atoms. The first-order valence-electron chi connectivity index (χ1n) is 10.6. The Morgan fingerprint density at radius 2 is 1.64 bits per heavy atom. The number of piperidine rings is 1. The second-order valence-electron chi connectivity index (χ2n) is 8.16. The Labute approximate surface area is 190 Å². The summed E-state index contributed by atoms with van der Waals surface area (Å²) in [6, 6.07) is 5.72. The number of carbonyl (C=O) groups is 1. The summed E-state index contributed by atoms with van der Waals surface area (Å²) in [5.74, 6) is -0.511. The Hall–Kier alpha value is -3.31. The van der Waals surface area contributed by atoms with Gasteiger partial charge in [0, 0.05) is 38.9 Å². The SMILES string of the molecule is Cc1cnc2c(c1NC(=O)c1ccc(S(=O)(=O)N3CCCCC3)cc1)c(=O)n(C)c(=O)n2C. The van der Waals surface area contributed by atoms with E-state index in [-0.39, 0.29) is 27.2 Å². The number of aryl methyl sites for hydroxylation is 2. The molecule has 11 heteroatoms. The van der Waals surface area contributed by atoms with Crippen LogP contribution in [0.5, 0.6) is 0 Å². The van der Waals surface area contributed by atoms with Crippen molar-refractivity contribution in [2.24, 2.45) is 14.1 Å². The van der Waals surface area contributed by atoms with Crippen molar-refractivity contribution in [2.75, 3.05) is 18.4 Å². The second kappa shape index (κ2) is 8.56.